The molecule has 1 aliphatic heterocycles. The van der Waals surface area contributed by atoms with Crippen LogP contribution in [-0.4, -0.2) is 39.9 Å². The first-order valence-electron chi connectivity index (χ1n) is 12.2. The largest absolute Gasteiger partial charge is 0.573 e. The van der Waals surface area contributed by atoms with Gasteiger partial charge in [0.2, 0.25) is 5.95 Å². The summed E-state index contributed by atoms with van der Waals surface area (Å²) >= 11 is 12.2. The minimum atomic E-state index is -4.88. The first-order valence-corrected chi connectivity index (χ1v) is 13.0. The molecule has 0 atom stereocenters. The topological polar surface area (TPSA) is 59.4 Å². The van der Waals surface area contributed by atoms with Gasteiger partial charge in [-0.05, 0) is 53.1 Å². The summed E-state index contributed by atoms with van der Waals surface area (Å²) in [7, 11) is 0. The highest BCUT2D eigenvalue weighted by Gasteiger charge is 2.32. The molecule has 208 valence electrons. The fourth-order valence-electron chi connectivity index (χ4n) is 4.75. The summed E-state index contributed by atoms with van der Waals surface area (Å²) in [5.74, 6) is -1.11. The van der Waals surface area contributed by atoms with Gasteiger partial charge < -0.3 is 10.1 Å². The van der Waals surface area contributed by atoms with Crippen LogP contribution in [0.1, 0.15) is 22.4 Å². The molecule has 4 aromatic rings. The number of alkyl halides is 3. The van der Waals surface area contributed by atoms with Crippen molar-refractivity contribution in [1.82, 2.24) is 19.8 Å². The van der Waals surface area contributed by atoms with Crippen LogP contribution in [0.15, 0.2) is 60.8 Å². The van der Waals surface area contributed by atoms with Gasteiger partial charge in [0.1, 0.15) is 5.75 Å². The van der Waals surface area contributed by atoms with Gasteiger partial charge in [-0.3, -0.25) is 9.47 Å². The third-order valence-corrected chi connectivity index (χ3v) is 7.06. The Kier molecular flexibility index (Phi) is 8.02. The fraction of sp³-hybridized carbons (Fsp3) is 0.214. The Morgan fingerprint density at radius 2 is 1.95 bits per heavy atom. The number of carbonyl (C=O) groups excluding carboxylic acids is 1. The summed E-state index contributed by atoms with van der Waals surface area (Å²) in [5.41, 5.74) is 3.13. The molecule has 0 spiro atoms. The maximum absolute atomic E-state index is 13.5. The number of nitrogens with one attached hydrogen (secondary N) is 1. The Bertz CT molecular complexity index is 1600. The van der Waals surface area contributed by atoms with Crippen LogP contribution in [0.25, 0.3) is 17.0 Å². The molecular weight excluding hydrogens is 571 g/mol. The number of carbonyl (C=O) groups is 1. The number of aromatic nitrogens is 2. The van der Waals surface area contributed by atoms with E-state index in [1.165, 1.54) is 35.0 Å². The summed E-state index contributed by atoms with van der Waals surface area (Å²) in [6.45, 7) is 1.67. The van der Waals surface area contributed by atoms with Gasteiger partial charge in [0.05, 0.1) is 5.52 Å². The molecule has 2 aromatic carbocycles. The number of nitrogens with zero attached hydrogens (tertiary/aromatic N) is 3. The van der Waals surface area contributed by atoms with Crippen LogP contribution >= 0.6 is 23.2 Å². The van der Waals surface area contributed by atoms with Crippen molar-refractivity contribution in [3.05, 3.63) is 99.2 Å². The van der Waals surface area contributed by atoms with Gasteiger partial charge in [0.15, 0.2) is 0 Å². The van der Waals surface area contributed by atoms with Crippen molar-refractivity contribution in [2.24, 2.45) is 0 Å². The third-order valence-electron chi connectivity index (χ3n) is 6.49. The molecule has 0 saturated carbocycles. The number of pyridine rings is 1. The van der Waals surface area contributed by atoms with E-state index in [0.29, 0.717) is 52.7 Å². The zero-order chi connectivity index (χ0) is 28.4. The van der Waals surface area contributed by atoms with E-state index < -0.39 is 24.1 Å². The number of fused-ring (bicyclic) bond motifs is 3. The molecule has 0 radical (unpaired) electrons. The highest BCUT2D eigenvalue weighted by Crippen LogP contribution is 2.34. The molecule has 5 rings (SSSR count). The Balaban J connectivity index is 1.42. The molecule has 2 aromatic heterocycles. The smallest absolute Gasteiger partial charge is 0.406 e. The molecular formula is C28H22Cl2F4N4O2. The number of hydrogen-bond donors (Lipinski definition) is 1. The number of amides is 1. The monoisotopic (exact) mass is 592 g/mol. The maximum Gasteiger partial charge on any atom is 0.573 e. The van der Waals surface area contributed by atoms with Crippen molar-refractivity contribution in [3.8, 4) is 5.75 Å². The van der Waals surface area contributed by atoms with Gasteiger partial charge in [-0.15, -0.1) is 13.2 Å². The van der Waals surface area contributed by atoms with Crippen molar-refractivity contribution in [2.45, 2.75) is 25.9 Å². The lowest BCUT2D eigenvalue weighted by Gasteiger charge is -2.27. The Hall–Kier alpha value is -3.60. The second kappa shape index (κ2) is 11.5. The van der Waals surface area contributed by atoms with Crippen molar-refractivity contribution in [2.75, 3.05) is 13.1 Å². The fourth-order valence-corrected chi connectivity index (χ4v) is 5.22. The zero-order valence-electron chi connectivity index (χ0n) is 20.8. The van der Waals surface area contributed by atoms with Gasteiger partial charge in [0, 0.05) is 66.0 Å². The number of rotatable bonds is 6. The second-order valence-electron chi connectivity index (χ2n) is 9.19. The maximum atomic E-state index is 13.5. The van der Waals surface area contributed by atoms with E-state index in [-0.39, 0.29) is 12.1 Å². The van der Waals surface area contributed by atoms with E-state index in [1.807, 2.05) is 18.2 Å². The van der Waals surface area contributed by atoms with Crippen LogP contribution in [-0.2, 0) is 19.5 Å². The summed E-state index contributed by atoms with van der Waals surface area (Å²) in [6.07, 6.45) is 0.748. The van der Waals surface area contributed by atoms with Crippen molar-refractivity contribution >= 4 is 46.2 Å². The van der Waals surface area contributed by atoms with E-state index >= 15 is 0 Å². The molecule has 0 bridgehead atoms. The SMILES string of the molecule is O=C(NCc1ccnc(F)c1)n1c2c(c3ccc(OC(F)(F)F)cc31)CN(C/C=C/c1ccc(Cl)cc1Cl)CC2. The molecule has 1 aliphatic rings. The molecule has 1 amide bonds. The third kappa shape index (κ3) is 6.41. The van der Waals surface area contributed by atoms with Gasteiger partial charge in [0.25, 0.3) is 0 Å². The first-order chi connectivity index (χ1) is 19.1. The molecule has 6 nitrogen and oxygen atoms in total. The van der Waals surface area contributed by atoms with Gasteiger partial charge in [-0.25, -0.2) is 9.78 Å². The molecule has 12 heteroatoms. The Labute approximate surface area is 236 Å². The van der Waals surface area contributed by atoms with E-state index in [2.05, 4.69) is 19.9 Å². The normalized spacial score (nSPS) is 14.1. The summed E-state index contributed by atoms with van der Waals surface area (Å²) < 4.78 is 57.8. The van der Waals surface area contributed by atoms with Crippen molar-refractivity contribution < 1.29 is 27.1 Å². The summed E-state index contributed by atoms with van der Waals surface area (Å²) in [5, 5.41) is 4.45. The van der Waals surface area contributed by atoms with Crippen LogP contribution < -0.4 is 10.1 Å². The van der Waals surface area contributed by atoms with Crippen LogP contribution in [0, 0.1) is 5.95 Å². The van der Waals surface area contributed by atoms with Crippen LogP contribution in [0.4, 0.5) is 22.4 Å². The number of hydrogen-bond acceptors (Lipinski definition) is 4. The van der Waals surface area contributed by atoms with E-state index in [4.69, 9.17) is 23.2 Å². The predicted octanol–water partition coefficient (Wildman–Crippen LogP) is 7.21. The molecule has 0 unspecified atom stereocenters. The number of benzene rings is 2. The molecule has 1 N–H and O–H groups in total. The highest BCUT2D eigenvalue weighted by molar-refractivity contribution is 6.35. The van der Waals surface area contributed by atoms with E-state index in [9.17, 15) is 22.4 Å². The average Bonchev–Trinajstić information content (AvgIpc) is 3.20. The average molecular weight is 593 g/mol. The summed E-state index contributed by atoms with van der Waals surface area (Å²) in [4.78, 5) is 19.0. The van der Waals surface area contributed by atoms with Crippen molar-refractivity contribution in [3.63, 3.8) is 0 Å². The predicted molar refractivity (Wildman–Crippen MR) is 145 cm³/mol. The molecule has 0 saturated heterocycles. The quantitative estimate of drug-likeness (QED) is 0.190. The van der Waals surface area contributed by atoms with Crippen LogP contribution in [0.3, 0.4) is 0 Å². The minimum absolute atomic E-state index is 0.00956. The standard InChI is InChI=1S/C28H22Cl2F4N4O2/c29-19-4-3-18(23(30)13-19)2-1-10-37-11-8-24-22(16-37)21-6-5-20(40-28(32,33)34)14-25(21)38(24)27(39)36-15-17-7-9-35-26(31)12-17/h1-7,9,12-14H,8,10-11,15-16H2,(H,36,39)/b2-1+. The number of halogens is 6. The van der Waals surface area contributed by atoms with Crippen LogP contribution in [0.5, 0.6) is 5.75 Å². The highest BCUT2D eigenvalue weighted by atomic mass is 35.5. The van der Waals surface area contributed by atoms with Gasteiger partial charge in [-0.2, -0.15) is 4.39 Å². The molecule has 0 aliphatic carbocycles. The van der Waals surface area contributed by atoms with Crippen molar-refractivity contribution in [1.29, 1.82) is 0 Å². The second-order valence-corrected chi connectivity index (χ2v) is 10.0. The Morgan fingerprint density at radius 1 is 1.12 bits per heavy atom. The molecule has 0 fully saturated rings. The van der Waals surface area contributed by atoms with Gasteiger partial charge in [-0.1, -0.05) is 41.4 Å². The lowest BCUT2D eigenvalue weighted by Crippen LogP contribution is -2.34. The first kappa shape index (κ1) is 27.9. The lowest BCUT2D eigenvalue weighted by molar-refractivity contribution is -0.274. The zero-order valence-corrected chi connectivity index (χ0v) is 22.3. The Morgan fingerprint density at radius 3 is 2.70 bits per heavy atom. The minimum Gasteiger partial charge on any atom is -0.406 e. The lowest BCUT2D eigenvalue weighted by atomic mass is 10.0. The van der Waals surface area contributed by atoms with Crippen LogP contribution in [0.2, 0.25) is 10.0 Å². The van der Waals surface area contributed by atoms with E-state index in [1.54, 1.807) is 18.2 Å². The molecule has 3 heterocycles. The number of ether oxygens (including phenoxy) is 1. The van der Waals surface area contributed by atoms with E-state index in [0.717, 1.165) is 11.1 Å². The van der Waals surface area contributed by atoms with Gasteiger partial charge >= 0.3 is 12.4 Å². The summed E-state index contributed by atoms with van der Waals surface area (Å²) in [6, 6.07) is 11.4. The molecule has 40 heavy (non-hydrogen) atoms.